The van der Waals surface area contributed by atoms with Crippen LogP contribution in [0.25, 0.3) is 0 Å². The Balaban J connectivity index is 1.99. The van der Waals surface area contributed by atoms with Gasteiger partial charge >= 0.3 is 0 Å². The predicted octanol–water partition coefficient (Wildman–Crippen LogP) is 1.86. The molecule has 0 aliphatic rings. The zero-order chi connectivity index (χ0) is 13.1. The van der Waals surface area contributed by atoms with E-state index in [0.717, 1.165) is 10.6 Å². The Morgan fingerprint density at radius 3 is 2.61 bits per heavy atom. The summed E-state index contributed by atoms with van der Waals surface area (Å²) in [4.78, 5) is 5.28. The number of rotatable bonds is 4. The van der Waals surface area contributed by atoms with Gasteiger partial charge in [0.25, 0.3) is 0 Å². The van der Waals surface area contributed by atoms with E-state index in [1.807, 2.05) is 6.92 Å². The third kappa shape index (κ3) is 2.55. The van der Waals surface area contributed by atoms with E-state index in [9.17, 15) is 15.3 Å². The van der Waals surface area contributed by atoms with Crippen molar-refractivity contribution in [3.05, 3.63) is 33.8 Å². The van der Waals surface area contributed by atoms with Gasteiger partial charge in [-0.1, -0.05) is 6.07 Å². The summed E-state index contributed by atoms with van der Waals surface area (Å²) in [6.07, 6.45) is 0. The van der Waals surface area contributed by atoms with Crippen LogP contribution in [-0.4, -0.2) is 20.3 Å². The van der Waals surface area contributed by atoms with Crippen LogP contribution < -0.4 is 5.32 Å². The fraction of sp³-hybridized carbons (Fsp3) is 0.250. The molecule has 4 N–H and O–H groups in total. The number of benzene rings is 1. The number of thiazole rings is 1. The summed E-state index contributed by atoms with van der Waals surface area (Å²) in [5.74, 6) is -1.10. The van der Waals surface area contributed by atoms with Crippen molar-refractivity contribution in [2.45, 2.75) is 20.0 Å². The molecule has 0 radical (unpaired) electrons. The minimum Gasteiger partial charge on any atom is -0.504 e. The van der Waals surface area contributed by atoms with E-state index in [-0.39, 0.29) is 11.5 Å². The largest absolute Gasteiger partial charge is 0.504 e. The number of nitrogens with one attached hydrogen (secondary N) is 1. The van der Waals surface area contributed by atoms with Gasteiger partial charge in [0, 0.05) is 23.5 Å². The van der Waals surface area contributed by atoms with Gasteiger partial charge in [0.05, 0.1) is 11.2 Å². The molecule has 2 rings (SSSR count). The molecule has 5 nitrogen and oxygen atoms in total. The number of nitrogens with zero attached hydrogens (tertiary/aromatic N) is 1. The van der Waals surface area contributed by atoms with Crippen LogP contribution in [0.2, 0.25) is 0 Å². The number of hydrogen-bond acceptors (Lipinski definition) is 6. The summed E-state index contributed by atoms with van der Waals surface area (Å²) in [6.45, 7) is 2.99. The summed E-state index contributed by atoms with van der Waals surface area (Å²) in [7, 11) is 0. The Labute approximate surface area is 108 Å². The molecule has 2 aromatic rings. The van der Waals surface area contributed by atoms with E-state index in [1.165, 1.54) is 6.07 Å². The first kappa shape index (κ1) is 12.7. The van der Waals surface area contributed by atoms with Crippen molar-refractivity contribution in [1.29, 1.82) is 0 Å². The van der Waals surface area contributed by atoms with Crippen LogP contribution in [0.3, 0.4) is 0 Å². The van der Waals surface area contributed by atoms with Gasteiger partial charge in [-0.3, -0.25) is 0 Å². The fourth-order valence-corrected chi connectivity index (χ4v) is 2.31. The van der Waals surface area contributed by atoms with Crippen LogP contribution in [0.1, 0.15) is 16.1 Å². The Hall–Kier alpha value is -1.79. The second-order valence-electron chi connectivity index (χ2n) is 3.91. The Kier molecular flexibility index (Phi) is 3.69. The fourth-order valence-electron chi connectivity index (χ4n) is 1.56. The molecule has 0 unspecified atom stereocenters. The van der Waals surface area contributed by atoms with Gasteiger partial charge in [-0.2, -0.15) is 0 Å². The van der Waals surface area contributed by atoms with Gasteiger partial charge in [0.15, 0.2) is 11.5 Å². The summed E-state index contributed by atoms with van der Waals surface area (Å²) in [6, 6.07) is 2.92. The first-order valence-corrected chi connectivity index (χ1v) is 6.30. The van der Waals surface area contributed by atoms with Crippen LogP contribution in [0.15, 0.2) is 17.6 Å². The third-order valence-corrected chi connectivity index (χ3v) is 3.59. The molecule has 0 saturated heterocycles. The average Bonchev–Trinajstić information content (AvgIpc) is 2.75. The second kappa shape index (κ2) is 5.24. The van der Waals surface area contributed by atoms with Crippen molar-refractivity contribution < 1.29 is 15.3 Å². The predicted molar refractivity (Wildman–Crippen MR) is 68.8 cm³/mol. The smallest absolute Gasteiger partial charge is 0.200 e. The summed E-state index contributed by atoms with van der Waals surface area (Å²) in [5, 5.41) is 31.4. The Morgan fingerprint density at radius 2 is 1.94 bits per heavy atom. The number of phenols is 3. The summed E-state index contributed by atoms with van der Waals surface area (Å²) < 4.78 is 0. The van der Waals surface area contributed by atoms with Gasteiger partial charge < -0.3 is 20.6 Å². The van der Waals surface area contributed by atoms with Gasteiger partial charge in [0.2, 0.25) is 5.75 Å². The number of aromatic nitrogens is 1. The maximum atomic E-state index is 9.63. The van der Waals surface area contributed by atoms with Gasteiger partial charge in [-0.05, 0) is 13.0 Å². The van der Waals surface area contributed by atoms with Crippen LogP contribution in [0.4, 0.5) is 0 Å². The van der Waals surface area contributed by atoms with Crippen LogP contribution in [-0.2, 0) is 13.1 Å². The van der Waals surface area contributed by atoms with Crippen molar-refractivity contribution in [3.8, 4) is 17.2 Å². The van der Waals surface area contributed by atoms with E-state index in [4.69, 9.17) is 0 Å². The topological polar surface area (TPSA) is 85.6 Å². The van der Waals surface area contributed by atoms with Crippen molar-refractivity contribution >= 4 is 11.3 Å². The zero-order valence-electron chi connectivity index (χ0n) is 9.84. The van der Waals surface area contributed by atoms with Gasteiger partial charge in [0.1, 0.15) is 0 Å². The zero-order valence-corrected chi connectivity index (χ0v) is 10.7. The number of hydrogen-bond donors (Lipinski definition) is 4. The van der Waals surface area contributed by atoms with Crippen molar-refractivity contribution in [1.82, 2.24) is 10.3 Å². The highest BCUT2D eigenvalue weighted by atomic mass is 32.1. The van der Waals surface area contributed by atoms with Crippen LogP contribution in [0, 0.1) is 6.92 Å². The monoisotopic (exact) mass is 266 g/mol. The molecule has 6 heteroatoms. The van der Waals surface area contributed by atoms with Gasteiger partial charge in [-0.15, -0.1) is 11.3 Å². The van der Waals surface area contributed by atoms with Crippen LogP contribution in [0.5, 0.6) is 17.2 Å². The highest BCUT2D eigenvalue weighted by Crippen LogP contribution is 2.36. The van der Waals surface area contributed by atoms with E-state index in [1.54, 1.807) is 22.9 Å². The highest BCUT2D eigenvalue weighted by molar-refractivity contribution is 7.09. The summed E-state index contributed by atoms with van der Waals surface area (Å²) in [5.41, 5.74) is 3.31. The first-order chi connectivity index (χ1) is 8.59. The average molecular weight is 266 g/mol. The standard InChI is InChI=1S/C12H14N2O3S/c1-7-10(18-6-14-7)5-13-4-8-2-3-9(15)12(17)11(8)16/h2-3,6,13,15-17H,4-5H2,1H3. The maximum Gasteiger partial charge on any atom is 0.200 e. The minimum absolute atomic E-state index is 0.288. The minimum atomic E-state index is -0.483. The molecule has 0 amide bonds. The molecule has 1 aromatic heterocycles. The maximum absolute atomic E-state index is 9.63. The molecular weight excluding hydrogens is 252 g/mol. The third-order valence-electron chi connectivity index (χ3n) is 2.66. The molecule has 96 valence electrons. The molecule has 18 heavy (non-hydrogen) atoms. The lowest BCUT2D eigenvalue weighted by Crippen LogP contribution is -2.12. The van der Waals surface area contributed by atoms with E-state index < -0.39 is 5.75 Å². The van der Waals surface area contributed by atoms with Crippen molar-refractivity contribution in [2.75, 3.05) is 0 Å². The lowest BCUT2D eigenvalue weighted by molar-refractivity contribution is 0.364. The molecular formula is C12H14N2O3S. The van der Waals surface area contributed by atoms with E-state index >= 15 is 0 Å². The number of aromatic hydroxyl groups is 3. The van der Waals surface area contributed by atoms with Crippen molar-refractivity contribution in [3.63, 3.8) is 0 Å². The molecule has 0 aliphatic carbocycles. The molecule has 1 aromatic carbocycles. The van der Waals surface area contributed by atoms with E-state index in [2.05, 4.69) is 10.3 Å². The van der Waals surface area contributed by atoms with Gasteiger partial charge in [-0.25, -0.2) is 4.98 Å². The first-order valence-electron chi connectivity index (χ1n) is 5.42. The highest BCUT2D eigenvalue weighted by Gasteiger charge is 2.10. The van der Waals surface area contributed by atoms with E-state index in [0.29, 0.717) is 18.7 Å². The van der Waals surface area contributed by atoms with Crippen LogP contribution >= 0.6 is 11.3 Å². The Bertz CT molecular complexity index is 554. The summed E-state index contributed by atoms with van der Waals surface area (Å²) >= 11 is 1.57. The number of phenolic OH excluding ortho intramolecular Hbond substituents is 3. The van der Waals surface area contributed by atoms with Crippen molar-refractivity contribution in [2.24, 2.45) is 0 Å². The molecule has 0 bridgehead atoms. The quantitative estimate of drug-likeness (QED) is 0.635. The lowest BCUT2D eigenvalue weighted by Gasteiger charge is -2.08. The molecule has 0 spiro atoms. The second-order valence-corrected chi connectivity index (χ2v) is 4.84. The SMILES string of the molecule is Cc1ncsc1CNCc1ccc(O)c(O)c1O. The molecule has 0 fully saturated rings. The number of aryl methyl sites for hydroxylation is 1. The molecule has 0 saturated carbocycles. The molecule has 1 heterocycles. The normalized spacial score (nSPS) is 10.7. The molecule has 0 aliphatic heterocycles. The lowest BCUT2D eigenvalue weighted by atomic mass is 10.1. The molecule has 0 atom stereocenters. The Morgan fingerprint density at radius 1 is 1.17 bits per heavy atom.